The van der Waals surface area contributed by atoms with Crippen molar-refractivity contribution in [2.24, 2.45) is 5.10 Å². The van der Waals surface area contributed by atoms with E-state index in [0.717, 1.165) is 12.0 Å². The number of hydrazone groups is 1. The Morgan fingerprint density at radius 2 is 1.83 bits per heavy atom. The van der Waals surface area contributed by atoms with Crippen LogP contribution in [0.1, 0.15) is 11.1 Å². The summed E-state index contributed by atoms with van der Waals surface area (Å²) >= 11 is 0. The van der Waals surface area contributed by atoms with E-state index in [1.54, 1.807) is 32.6 Å². The number of rotatable bonds is 7. The summed E-state index contributed by atoms with van der Waals surface area (Å²) in [6, 6.07) is 15.0. The summed E-state index contributed by atoms with van der Waals surface area (Å²) in [4.78, 5) is 11.7. The molecule has 0 unspecified atom stereocenters. The highest BCUT2D eigenvalue weighted by Gasteiger charge is 2.03. The highest BCUT2D eigenvalue weighted by molar-refractivity contribution is 5.82. The second-order valence-electron chi connectivity index (χ2n) is 4.98. The smallest absolute Gasteiger partial charge is 0.335 e. The van der Waals surface area contributed by atoms with Crippen LogP contribution in [0, 0.1) is 0 Å². The molecule has 2 rings (SSSR count). The third-order valence-corrected chi connectivity index (χ3v) is 3.33. The topological polar surface area (TPSA) is 72.0 Å². The number of methoxy groups -OCH3 is 2. The Morgan fingerprint density at radius 3 is 2.54 bits per heavy atom. The zero-order valence-corrected chi connectivity index (χ0v) is 13.8. The Balaban J connectivity index is 1.77. The standard InChI is InChI=1S/C18H21N3O3/c1-23-16-9-8-15(12-17(16)24-2)13-20-21-18(22)19-11-10-14-6-4-3-5-7-14/h3-9,12-13H,10-11H2,1-2H3,(H2,19,21,22)/b20-13+. The molecule has 2 aromatic rings. The lowest BCUT2D eigenvalue weighted by Gasteiger charge is -2.07. The first-order valence-corrected chi connectivity index (χ1v) is 7.56. The molecule has 0 atom stereocenters. The van der Waals surface area contributed by atoms with Crippen LogP contribution < -0.4 is 20.2 Å². The molecule has 126 valence electrons. The SMILES string of the molecule is COc1ccc(/C=N/NC(=O)NCCc2ccccc2)cc1OC. The van der Waals surface area contributed by atoms with Gasteiger partial charge >= 0.3 is 6.03 Å². The molecule has 6 heteroatoms. The maximum Gasteiger partial charge on any atom is 0.335 e. The summed E-state index contributed by atoms with van der Waals surface area (Å²) in [6.45, 7) is 0.543. The van der Waals surface area contributed by atoms with E-state index in [1.165, 1.54) is 5.56 Å². The lowest BCUT2D eigenvalue weighted by molar-refractivity contribution is 0.241. The van der Waals surface area contributed by atoms with Crippen molar-refractivity contribution in [2.75, 3.05) is 20.8 Å². The lowest BCUT2D eigenvalue weighted by Crippen LogP contribution is -2.33. The third-order valence-electron chi connectivity index (χ3n) is 3.33. The van der Waals surface area contributed by atoms with Crippen LogP contribution in [-0.2, 0) is 6.42 Å². The van der Waals surface area contributed by atoms with Crippen molar-refractivity contribution >= 4 is 12.2 Å². The van der Waals surface area contributed by atoms with Gasteiger partial charge in [-0.2, -0.15) is 5.10 Å². The molecule has 0 saturated heterocycles. The van der Waals surface area contributed by atoms with Crippen LogP contribution in [0.2, 0.25) is 0 Å². The highest BCUT2D eigenvalue weighted by atomic mass is 16.5. The molecule has 0 heterocycles. The molecule has 24 heavy (non-hydrogen) atoms. The zero-order valence-electron chi connectivity index (χ0n) is 13.8. The predicted molar refractivity (Wildman–Crippen MR) is 93.8 cm³/mol. The number of amides is 2. The second-order valence-corrected chi connectivity index (χ2v) is 4.98. The van der Waals surface area contributed by atoms with Crippen molar-refractivity contribution in [1.82, 2.24) is 10.7 Å². The van der Waals surface area contributed by atoms with Crippen LogP contribution in [0.15, 0.2) is 53.6 Å². The van der Waals surface area contributed by atoms with Gasteiger partial charge in [-0.1, -0.05) is 30.3 Å². The summed E-state index contributed by atoms with van der Waals surface area (Å²) in [6.07, 6.45) is 2.31. The Labute approximate surface area is 141 Å². The van der Waals surface area contributed by atoms with Crippen molar-refractivity contribution < 1.29 is 14.3 Å². The average molecular weight is 327 g/mol. The van der Waals surface area contributed by atoms with E-state index in [4.69, 9.17) is 9.47 Å². The molecule has 0 radical (unpaired) electrons. The van der Waals surface area contributed by atoms with E-state index in [0.29, 0.717) is 18.0 Å². The Bertz CT molecular complexity index is 687. The minimum Gasteiger partial charge on any atom is -0.493 e. The first-order chi connectivity index (χ1) is 11.7. The molecular weight excluding hydrogens is 306 g/mol. The van der Waals surface area contributed by atoms with Gasteiger partial charge in [0.15, 0.2) is 11.5 Å². The predicted octanol–water partition coefficient (Wildman–Crippen LogP) is 2.58. The molecule has 2 N–H and O–H groups in total. The van der Waals surface area contributed by atoms with Gasteiger partial charge in [0.1, 0.15) is 0 Å². The van der Waals surface area contributed by atoms with E-state index < -0.39 is 0 Å². The van der Waals surface area contributed by atoms with Crippen molar-refractivity contribution in [1.29, 1.82) is 0 Å². The van der Waals surface area contributed by atoms with Crippen LogP contribution >= 0.6 is 0 Å². The number of carbonyl (C=O) groups is 1. The maximum atomic E-state index is 11.7. The van der Waals surface area contributed by atoms with Gasteiger partial charge in [0, 0.05) is 6.54 Å². The van der Waals surface area contributed by atoms with Gasteiger partial charge in [0.25, 0.3) is 0 Å². The highest BCUT2D eigenvalue weighted by Crippen LogP contribution is 2.26. The molecule has 6 nitrogen and oxygen atoms in total. The molecule has 0 spiro atoms. The fourth-order valence-electron chi connectivity index (χ4n) is 2.10. The van der Waals surface area contributed by atoms with E-state index >= 15 is 0 Å². The zero-order chi connectivity index (χ0) is 17.2. The summed E-state index contributed by atoms with van der Waals surface area (Å²) in [5.41, 5.74) is 4.39. The molecule has 0 saturated carbocycles. The number of nitrogens with one attached hydrogen (secondary N) is 2. The van der Waals surface area contributed by atoms with Gasteiger partial charge < -0.3 is 14.8 Å². The fraction of sp³-hybridized carbons (Fsp3) is 0.222. The summed E-state index contributed by atoms with van der Waals surface area (Å²) in [7, 11) is 3.14. The first-order valence-electron chi connectivity index (χ1n) is 7.56. The Hall–Kier alpha value is -3.02. The monoisotopic (exact) mass is 327 g/mol. The van der Waals surface area contributed by atoms with E-state index in [1.807, 2.05) is 36.4 Å². The van der Waals surface area contributed by atoms with Crippen molar-refractivity contribution in [3.63, 3.8) is 0 Å². The van der Waals surface area contributed by atoms with Crippen molar-refractivity contribution in [3.8, 4) is 11.5 Å². The molecule has 0 fully saturated rings. The van der Waals surface area contributed by atoms with Gasteiger partial charge in [0.2, 0.25) is 0 Å². The minimum atomic E-state index is -0.345. The second kappa shape index (κ2) is 9.19. The van der Waals surface area contributed by atoms with Gasteiger partial charge in [-0.05, 0) is 35.7 Å². The third kappa shape index (κ3) is 5.31. The molecule has 2 aromatic carbocycles. The van der Waals surface area contributed by atoms with Gasteiger partial charge in [0.05, 0.1) is 20.4 Å². The molecule has 0 bridgehead atoms. The Morgan fingerprint density at radius 1 is 1.08 bits per heavy atom. The number of hydrogen-bond donors (Lipinski definition) is 2. The molecule has 2 amide bonds. The van der Waals surface area contributed by atoms with Crippen LogP contribution in [0.3, 0.4) is 0 Å². The van der Waals surface area contributed by atoms with E-state index in [9.17, 15) is 4.79 Å². The summed E-state index contributed by atoms with van der Waals surface area (Å²) in [5.74, 6) is 1.25. The van der Waals surface area contributed by atoms with Gasteiger partial charge in [-0.3, -0.25) is 0 Å². The van der Waals surface area contributed by atoms with Crippen LogP contribution in [-0.4, -0.2) is 33.0 Å². The number of benzene rings is 2. The van der Waals surface area contributed by atoms with Gasteiger partial charge in [-0.25, -0.2) is 10.2 Å². The summed E-state index contributed by atoms with van der Waals surface area (Å²) < 4.78 is 10.4. The van der Waals surface area contributed by atoms with Crippen LogP contribution in [0.4, 0.5) is 4.79 Å². The summed E-state index contributed by atoms with van der Waals surface area (Å²) in [5, 5.41) is 6.66. The molecular formula is C18H21N3O3. The molecule has 0 aliphatic rings. The number of hydrogen-bond acceptors (Lipinski definition) is 4. The van der Waals surface area contributed by atoms with Crippen molar-refractivity contribution in [3.05, 3.63) is 59.7 Å². The molecule has 0 aliphatic carbocycles. The number of nitrogens with zero attached hydrogens (tertiary/aromatic N) is 1. The van der Waals surface area contributed by atoms with Gasteiger partial charge in [-0.15, -0.1) is 0 Å². The first kappa shape index (κ1) is 17.3. The minimum absolute atomic E-state index is 0.345. The van der Waals surface area contributed by atoms with Crippen LogP contribution in [0.25, 0.3) is 0 Å². The average Bonchev–Trinajstić information content (AvgIpc) is 2.62. The number of carbonyl (C=O) groups excluding carboxylic acids is 1. The van der Waals surface area contributed by atoms with Crippen molar-refractivity contribution in [2.45, 2.75) is 6.42 Å². The molecule has 0 aliphatic heterocycles. The lowest BCUT2D eigenvalue weighted by atomic mass is 10.1. The van der Waals surface area contributed by atoms with E-state index in [2.05, 4.69) is 15.8 Å². The van der Waals surface area contributed by atoms with Crippen LogP contribution in [0.5, 0.6) is 11.5 Å². The Kier molecular flexibility index (Phi) is 6.64. The quantitative estimate of drug-likeness (QED) is 0.606. The largest absolute Gasteiger partial charge is 0.493 e. The fourth-order valence-corrected chi connectivity index (χ4v) is 2.10. The maximum absolute atomic E-state index is 11.7. The van der Waals surface area contributed by atoms with E-state index in [-0.39, 0.29) is 6.03 Å². The molecule has 0 aromatic heterocycles. The number of urea groups is 1. The number of ether oxygens (including phenoxy) is 2. The normalized spacial score (nSPS) is 10.4.